The summed E-state index contributed by atoms with van der Waals surface area (Å²) in [7, 11) is 0. The molecule has 0 aliphatic carbocycles. The largest absolute Gasteiger partial charge is 0.397 e. The van der Waals surface area contributed by atoms with Crippen LogP contribution >= 0.6 is 11.8 Å². The number of benzene rings is 1. The lowest BCUT2D eigenvalue weighted by Crippen LogP contribution is -2.05. The highest BCUT2D eigenvalue weighted by molar-refractivity contribution is 7.99. The summed E-state index contributed by atoms with van der Waals surface area (Å²) >= 11 is 1.57. The van der Waals surface area contributed by atoms with Crippen molar-refractivity contribution in [1.29, 1.82) is 0 Å². The van der Waals surface area contributed by atoms with E-state index in [-0.39, 0.29) is 5.91 Å². The minimum atomic E-state index is -0.0727. The smallest absolute Gasteiger partial charge is 0.221 e. The number of nitrogens with one attached hydrogen (secondary N) is 1. The predicted molar refractivity (Wildman–Crippen MR) is 78.3 cm³/mol. The quantitative estimate of drug-likeness (QED) is 0.901. The third kappa shape index (κ3) is 3.72. The van der Waals surface area contributed by atoms with E-state index in [2.05, 4.69) is 10.3 Å². The van der Waals surface area contributed by atoms with Gasteiger partial charge in [-0.1, -0.05) is 11.8 Å². The number of rotatable bonds is 3. The maximum atomic E-state index is 10.9. The normalized spacial score (nSPS) is 10.2. The fourth-order valence-corrected chi connectivity index (χ4v) is 2.43. The molecule has 4 nitrogen and oxygen atoms in total. The highest BCUT2D eigenvalue weighted by atomic mass is 32.2. The number of nitrogen functional groups attached to an aromatic ring is 1. The first kappa shape index (κ1) is 13.4. The molecule has 98 valence electrons. The molecule has 0 aliphatic heterocycles. The first-order chi connectivity index (χ1) is 9.04. The Balaban J connectivity index is 2.13. The van der Waals surface area contributed by atoms with Crippen molar-refractivity contribution in [1.82, 2.24) is 4.98 Å². The molecule has 0 radical (unpaired) electrons. The van der Waals surface area contributed by atoms with Crippen LogP contribution in [-0.4, -0.2) is 10.9 Å². The number of aryl methyl sites for hydroxylation is 1. The van der Waals surface area contributed by atoms with E-state index >= 15 is 0 Å². The number of pyridine rings is 1. The van der Waals surface area contributed by atoms with Crippen molar-refractivity contribution in [3.63, 3.8) is 0 Å². The minimum Gasteiger partial charge on any atom is -0.397 e. The Kier molecular flexibility index (Phi) is 4.06. The molecule has 5 heteroatoms. The lowest BCUT2D eigenvalue weighted by Gasteiger charge is -2.06. The number of hydrogen-bond acceptors (Lipinski definition) is 4. The van der Waals surface area contributed by atoms with E-state index < -0.39 is 0 Å². The average molecular weight is 273 g/mol. The van der Waals surface area contributed by atoms with Crippen LogP contribution in [0.1, 0.15) is 12.5 Å². The standard InChI is InChI=1S/C14H15N3OS/c1-9-7-11(15)8-16-14(9)19-13-5-3-12(4-6-13)17-10(2)18/h3-8H,15H2,1-2H3,(H,17,18). The van der Waals surface area contributed by atoms with Gasteiger partial charge in [0.2, 0.25) is 5.91 Å². The summed E-state index contributed by atoms with van der Waals surface area (Å²) in [5.41, 5.74) is 8.19. The molecule has 1 aromatic carbocycles. The Morgan fingerprint density at radius 1 is 1.32 bits per heavy atom. The Morgan fingerprint density at radius 2 is 2.00 bits per heavy atom. The summed E-state index contributed by atoms with van der Waals surface area (Å²) in [4.78, 5) is 16.3. The molecule has 2 aromatic rings. The SMILES string of the molecule is CC(=O)Nc1ccc(Sc2ncc(N)cc2C)cc1. The van der Waals surface area contributed by atoms with Crippen LogP contribution in [0.25, 0.3) is 0 Å². The molecule has 0 spiro atoms. The van der Waals surface area contributed by atoms with Crippen molar-refractivity contribution in [3.05, 3.63) is 42.1 Å². The van der Waals surface area contributed by atoms with E-state index in [0.717, 1.165) is 21.2 Å². The van der Waals surface area contributed by atoms with Gasteiger partial charge in [-0.25, -0.2) is 4.98 Å². The molecule has 1 heterocycles. The fraction of sp³-hybridized carbons (Fsp3) is 0.143. The van der Waals surface area contributed by atoms with Gasteiger partial charge < -0.3 is 11.1 Å². The van der Waals surface area contributed by atoms with Crippen molar-refractivity contribution >= 4 is 29.0 Å². The second kappa shape index (κ2) is 5.75. The monoisotopic (exact) mass is 273 g/mol. The van der Waals surface area contributed by atoms with E-state index in [1.165, 1.54) is 6.92 Å². The number of carbonyl (C=O) groups excluding carboxylic acids is 1. The van der Waals surface area contributed by atoms with Crippen molar-refractivity contribution in [2.45, 2.75) is 23.8 Å². The molecule has 0 saturated carbocycles. The zero-order valence-corrected chi connectivity index (χ0v) is 11.6. The highest BCUT2D eigenvalue weighted by Crippen LogP contribution is 2.29. The highest BCUT2D eigenvalue weighted by Gasteiger charge is 2.04. The first-order valence-electron chi connectivity index (χ1n) is 5.82. The van der Waals surface area contributed by atoms with E-state index in [0.29, 0.717) is 5.69 Å². The van der Waals surface area contributed by atoms with Gasteiger partial charge in [0.05, 0.1) is 11.9 Å². The number of nitrogens with zero attached hydrogens (tertiary/aromatic N) is 1. The zero-order valence-electron chi connectivity index (χ0n) is 10.8. The number of carbonyl (C=O) groups is 1. The van der Waals surface area contributed by atoms with Crippen molar-refractivity contribution in [2.75, 3.05) is 11.1 Å². The number of amides is 1. The maximum absolute atomic E-state index is 10.9. The number of anilines is 2. The number of hydrogen-bond donors (Lipinski definition) is 2. The summed E-state index contributed by atoms with van der Waals surface area (Å²) in [5.74, 6) is -0.0727. The van der Waals surface area contributed by atoms with Crippen LogP contribution in [0.5, 0.6) is 0 Å². The molecule has 3 N–H and O–H groups in total. The van der Waals surface area contributed by atoms with Crippen LogP contribution in [0, 0.1) is 6.92 Å². The summed E-state index contributed by atoms with van der Waals surface area (Å²) in [6, 6.07) is 9.55. The predicted octanol–water partition coefficient (Wildman–Crippen LogP) is 3.08. The number of aromatic nitrogens is 1. The van der Waals surface area contributed by atoms with Crippen LogP contribution in [-0.2, 0) is 4.79 Å². The molecule has 0 unspecified atom stereocenters. The Hall–Kier alpha value is -2.01. The van der Waals surface area contributed by atoms with Gasteiger partial charge in [-0.05, 0) is 42.8 Å². The van der Waals surface area contributed by atoms with E-state index in [1.54, 1.807) is 18.0 Å². The molecular formula is C14H15N3OS. The molecule has 0 atom stereocenters. The van der Waals surface area contributed by atoms with Gasteiger partial charge in [0.1, 0.15) is 5.03 Å². The van der Waals surface area contributed by atoms with Crippen molar-refractivity contribution in [2.24, 2.45) is 0 Å². The van der Waals surface area contributed by atoms with Gasteiger partial charge in [0.15, 0.2) is 0 Å². The second-order valence-electron chi connectivity index (χ2n) is 4.20. The van der Waals surface area contributed by atoms with Crippen molar-refractivity contribution in [3.8, 4) is 0 Å². The molecule has 0 aliphatic rings. The summed E-state index contributed by atoms with van der Waals surface area (Å²) < 4.78 is 0. The van der Waals surface area contributed by atoms with Gasteiger partial charge in [-0.2, -0.15) is 0 Å². The van der Waals surface area contributed by atoms with Gasteiger partial charge in [0.25, 0.3) is 0 Å². The van der Waals surface area contributed by atoms with Crippen LogP contribution in [0.15, 0.2) is 46.5 Å². The Morgan fingerprint density at radius 3 is 2.58 bits per heavy atom. The average Bonchev–Trinajstić information content (AvgIpc) is 2.34. The Labute approximate surface area is 116 Å². The van der Waals surface area contributed by atoms with Gasteiger partial charge in [-0.3, -0.25) is 4.79 Å². The molecule has 1 aromatic heterocycles. The van der Waals surface area contributed by atoms with Crippen LogP contribution < -0.4 is 11.1 Å². The lowest BCUT2D eigenvalue weighted by atomic mass is 10.3. The maximum Gasteiger partial charge on any atom is 0.221 e. The third-order valence-electron chi connectivity index (χ3n) is 2.44. The summed E-state index contributed by atoms with van der Waals surface area (Å²) in [6.45, 7) is 3.47. The molecule has 0 fully saturated rings. The summed E-state index contributed by atoms with van der Waals surface area (Å²) in [5, 5.41) is 3.67. The molecule has 0 saturated heterocycles. The van der Waals surface area contributed by atoms with E-state index in [4.69, 9.17) is 5.73 Å². The number of nitrogens with two attached hydrogens (primary N) is 1. The summed E-state index contributed by atoms with van der Waals surface area (Å²) in [6.07, 6.45) is 1.65. The lowest BCUT2D eigenvalue weighted by molar-refractivity contribution is -0.114. The van der Waals surface area contributed by atoms with Crippen LogP contribution in [0.2, 0.25) is 0 Å². The zero-order chi connectivity index (χ0) is 13.8. The Bertz CT molecular complexity index is 596. The van der Waals surface area contributed by atoms with Gasteiger partial charge in [-0.15, -0.1) is 0 Å². The second-order valence-corrected chi connectivity index (χ2v) is 5.26. The first-order valence-corrected chi connectivity index (χ1v) is 6.64. The molecule has 19 heavy (non-hydrogen) atoms. The third-order valence-corrected chi connectivity index (χ3v) is 3.57. The van der Waals surface area contributed by atoms with Crippen LogP contribution in [0.4, 0.5) is 11.4 Å². The molecule has 0 bridgehead atoms. The molecule has 2 rings (SSSR count). The minimum absolute atomic E-state index is 0.0727. The molecule has 1 amide bonds. The van der Waals surface area contributed by atoms with E-state index in [9.17, 15) is 4.79 Å². The van der Waals surface area contributed by atoms with E-state index in [1.807, 2.05) is 37.3 Å². The molecular weight excluding hydrogens is 258 g/mol. The van der Waals surface area contributed by atoms with Gasteiger partial charge in [0, 0.05) is 17.5 Å². The topological polar surface area (TPSA) is 68.0 Å². The van der Waals surface area contributed by atoms with Gasteiger partial charge >= 0.3 is 0 Å². The van der Waals surface area contributed by atoms with Crippen LogP contribution in [0.3, 0.4) is 0 Å². The van der Waals surface area contributed by atoms with Crippen molar-refractivity contribution < 1.29 is 4.79 Å². The fourth-order valence-electron chi connectivity index (χ4n) is 1.61.